The van der Waals surface area contributed by atoms with E-state index >= 15 is 0 Å². The Morgan fingerprint density at radius 1 is 0.818 bits per heavy atom. The first-order valence-corrected chi connectivity index (χ1v) is 19.3. The molecule has 2 fully saturated rings. The summed E-state index contributed by atoms with van der Waals surface area (Å²) in [5, 5.41) is 14.0. The molecule has 0 bridgehead atoms. The van der Waals surface area contributed by atoms with Gasteiger partial charge in [-0.1, -0.05) is 97.1 Å². The summed E-state index contributed by atoms with van der Waals surface area (Å²) in [5.41, 5.74) is 4.85. The van der Waals surface area contributed by atoms with Gasteiger partial charge in [0.1, 0.15) is 5.75 Å². The quantitative estimate of drug-likeness (QED) is 0.184. The fraction of sp³-hybridized carbons (Fsp3) is 0.378. The highest BCUT2D eigenvalue weighted by molar-refractivity contribution is 5.92. The van der Waals surface area contributed by atoms with Crippen LogP contribution in [0.2, 0.25) is 0 Å². The molecule has 1 aliphatic carbocycles. The number of carbonyl (C=O) groups is 4. The number of ketones is 1. The predicted octanol–water partition coefficient (Wildman–Crippen LogP) is 4.52. The molecule has 2 N–H and O–H groups in total. The van der Waals surface area contributed by atoms with E-state index in [1.165, 1.54) is 0 Å². The topological polar surface area (TPSA) is 125 Å². The van der Waals surface area contributed by atoms with E-state index in [9.17, 15) is 24.3 Å². The molecule has 4 aromatic rings. The number of nitrogens with zero attached hydrogens (tertiary/aromatic N) is 2. The van der Waals surface area contributed by atoms with Crippen LogP contribution in [0.25, 0.3) is 0 Å². The molecule has 10 heteroatoms. The molecule has 7 rings (SSSR count). The lowest BCUT2D eigenvalue weighted by Gasteiger charge is -2.26. The van der Waals surface area contributed by atoms with Gasteiger partial charge >= 0.3 is 0 Å². The Hall–Kier alpha value is -5.32. The highest BCUT2D eigenvalue weighted by Crippen LogP contribution is 2.33. The lowest BCUT2D eigenvalue weighted by atomic mass is 9.92. The van der Waals surface area contributed by atoms with Crippen molar-refractivity contribution in [2.24, 2.45) is 11.8 Å². The first-order valence-electron chi connectivity index (χ1n) is 19.3. The molecular formula is C45H49N3O7. The van der Waals surface area contributed by atoms with Gasteiger partial charge in [-0.25, -0.2) is 0 Å². The van der Waals surface area contributed by atoms with Gasteiger partial charge in [-0.3, -0.25) is 19.2 Å². The maximum atomic E-state index is 14.1. The van der Waals surface area contributed by atoms with Crippen LogP contribution in [0.1, 0.15) is 46.7 Å². The normalized spacial score (nSPS) is 21.2. The van der Waals surface area contributed by atoms with Crippen LogP contribution in [-0.4, -0.2) is 90.0 Å². The summed E-state index contributed by atoms with van der Waals surface area (Å²) in [6.07, 6.45) is 1.72. The van der Waals surface area contributed by atoms with E-state index in [4.69, 9.17) is 9.47 Å². The number of aliphatic hydroxyl groups is 1. The number of fused-ring (bicyclic) bond motifs is 1. The van der Waals surface area contributed by atoms with Crippen LogP contribution in [0.15, 0.2) is 109 Å². The molecule has 10 nitrogen and oxygen atoms in total. The van der Waals surface area contributed by atoms with Crippen LogP contribution in [0.3, 0.4) is 0 Å². The number of ether oxygens (including phenoxy) is 2. The van der Waals surface area contributed by atoms with Gasteiger partial charge in [0.15, 0.2) is 12.4 Å². The molecule has 0 saturated carbocycles. The molecule has 0 spiro atoms. The third-order valence-corrected chi connectivity index (χ3v) is 11.1. The Morgan fingerprint density at radius 3 is 2.18 bits per heavy atom. The van der Waals surface area contributed by atoms with Gasteiger partial charge in [-0.2, -0.15) is 0 Å². The second-order valence-electron chi connectivity index (χ2n) is 15.0. The zero-order valence-electron chi connectivity index (χ0n) is 31.1. The third-order valence-electron chi connectivity index (χ3n) is 11.1. The highest BCUT2D eigenvalue weighted by atomic mass is 16.5. The Bertz CT molecular complexity index is 1930. The largest absolute Gasteiger partial charge is 0.484 e. The van der Waals surface area contributed by atoms with Crippen LogP contribution in [-0.2, 0) is 49.6 Å². The summed E-state index contributed by atoms with van der Waals surface area (Å²) in [6, 6.07) is 34.1. The van der Waals surface area contributed by atoms with Crippen molar-refractivity contribution in [2.45, 2.75) is 56.7 Å². The number of likely N-dealkylation sites (tertiary alicyclic amines) is 1. The minimum Gasteiger partial charge on any atom is -0.484 e. The van der Waals surface area contributed by atoms with Gasteiger partial charge in [-0.15, -0.1) is 0 Å². The van der Waals surface area contributed by atoms with Crippen molar-refractivity contribution in [3.05, 3.63) is 137 Å². The van der Waals surface area contributed by atoms with Crippen molar-refractivity contribution in [3.63, 3.8) is 0 Å². The fourth-order valence-corrected chi connectivity index (χ4v) is 8.19. The number of carbonyl (C=O) groups excluding carboxylic acids is 4. The highest BCUT2D eigenvalue weighted by Gasteiger charge is 2.41. The van der Waals surface area contributed by atoms with Gasteiger partial charge in [0.25, 0.3) is 5.91 Å². The Morgan fingerprint density at radius 2 is 1.47 bits per heavy atom. The number of Topliss-reactive ketones (excluding diaryl/α,β-unsaturated/α-hetero) is 1. The summed E-state index contributed by atoms with van der Waals surface area (Å²) in [5.74, 6) is -1.14. The average molecular weight is 744 g/mol. The van der Waals surface area contributed by atoms with Crippen LogP contribution >= 0.6 is 0 Å². The lowest BCUT2D eigenvalue weighted by molar-refractivity contribution is -0.137. The van der Waals surface area contributed by atoms with E-state index in [1.54, 1.807) is 21.9 Å². The van der Waals surface area contributed by atoms with Gasteiger partial charge in [0, 0.05) is 43.8 Å². The zero-order valence-corrected chi connectivity index (χ0v) is 31.1. The molecule has 2 aliphatic heterocycles. The average Bonchev–Trinajstić information content (AvgIpc) is 3.68. The number of amides is 3. The molecule has 5 atom stereocenters. The lowest BCUT2D eigenvalue weighted by Crippen LogP contribution is -2.43. The monoisotopic (exact) mass is 743 g/mol. The van der Waals surface area contributed by atoms with E-state index in [-0.39, 0.29) is 61.5 Å². The molecule has 2 heterocycles. The molecule has 0 aromatic heterocycles. The van der Waals surface area contributed by atoms with Crippen LogP contribution < -0.4 is 10.1 Å². The molecule has 0 radical (unpaired) electrons. The summed E-state index contributed by atoms with van der Waals surface area (Å²) in [7, 11) is 0. The summed E-state index contributed by atoms with van der Waals surface area (Å²) in [4.78, 5) is 58.2. The smallest absolute Gasteiger partial charge is 0.260 e. The maximum absolute atomic E-state index is 14.1. The Labute approximate surface area is 322 Å². The molecule has 4 aromatic carbocycles. The molecule has 2 saturated heterocycles. The molecule has 3 amide bonds. The summed E-state index contributed by atoms with van der Waals surface area (Å²) in [6.45, 7) is 1.95. The van der Waals surface area contributed by atoms with Crippen molar-refractivity contribution < 1.29 is 33.8 Å². The zero-order chi connectivity index (χ0) is 38.1. The van der Waals surface area contributed by atoms with Crippen molar-refractivity contribution in [3.8, 4) is 5.75 Å². The number of morpholine rings is 1. The Balaban J connectivity index is 1.06. The van der Waals surface area contributed by atoms with Crippen LogP contribution in [0.4, 0.5) is 0 Å². The number of benzene rings is 4. The van der Waals surface area contributed by atoms with Crippen LogP contribution in [0, 0.1) is 11.8 Å². The molecule has 55 heavy (non-hydrogen) atoms. The number of rotatable bonds is 15. The first-order chi connectivity index (χ1) is 26.8. The maximum Gasteiger partial charge on any atom is 0.260 e. The standard InChI is InChI=1S/C45H49N3O7/c49-38(29-48-37(25-32-11-5-2-6-12-32)26-36(45(48)53)24-31-9-3-1-4-10-31)27-35(44(52)46-43-40-14-8-7-13-34(40)28-41(43)50)23-33-15-17-39(18-16-33)55-30-42(51)47-19-21-54-22-20-47/h1-18,35-37,41,43,50H,19-30H2,(H,46,52)/t35-,36+,37+,41-,43?/m1/s1. The summed E-state index contributed by atoms with van der Waals surface area (Å²) >= 11 is 0. The second-order valence-corrected chi connectivity index (χ2v) is 15.0. The van der Waals surface area contributed by atoms with Crippen molar-refractivity contribution in [1.29, 1.82) is 0 Å². The second kappa shape index (κ2) is 17.9. The number of aliphatic hydroxyl groups excluding tert-OH is 1. The van der Waals surface area contributed by atoms with Gasteiger partial charge in [0.2, 0.25) is 11.8 Å². The summed E-state index contributed by atoms with van der Waals surface area (Å²) < 4.78 is 11.1. The minimum atomic E-state index is -0.781. The van der Waals surface area contributed by atoms with Crippen molar-refractivity contribution >= 4 is 23.5 Å². The Kier molecular flexibility index (Phi) is 12.3. The van der Waals surface area contributed by atoms with Crippen molar-refractivity contribution in [1.82, 2.24) is 15.1 Å². The first kappa shape index (κ1) is 38.0. The number of hydrogen-bond donors (Lipinski definition) is 2. The fourth-order valence-electron chi connectivity index (χ4n) is 8.19. The predicted molar refractivity (Wildman–Crippen MR) is 207 cm³/mol. The molecule has 3 aliphatic rings. The van der Waals surface area contributed by atoms with Gasteiger partial charge in [-0.05, 0) is 65.6 Å². The van der Waals surface area contributed by atoms with E-state index < -0.39 is 18.1 Å². The number of hydrogen-bond acceptors (Lipinski definition) is 7. The molecular weight excluding hydrogens is 695 g/mol. The van der Waals surface area contributed by atoms with E-state index in [0.717, 1.165) is 27.8 Å². The van der Waals surface area contributed by atoms with E-state index in [1.807, 2.05) is 97.1 Å². The van der Waals surface area contributed by atoms with Gasteiger partial charge < -0.3 is 29.7 Å². The minimum absolute atomic E-state index is 0.0347. The van der Waals surface area contributed by atoms with Crippen molar-refractivity contribution in [2.75, 3.05) is 39.5 Å². The number of nitrogens with one attached hydrogen (secondary N) is 1. The third kappa shape index (κ3) is 9.68. The van der Waals surface area contributed by atoms with Gasteiger partial charge in [0.05, 0.1) is 31.9 Å². The van der Waals surface area contributed by atoms with E-state index in [2.05, 4.69) is 5.32 Å². The van der Waals surface area contributed by atoms with E-state index in [0.29, 0.717) is 57.7 Å². The van der Waals surface area contributed by atoms with Crippen LogP contribution in [0.5, 0.6) is 5.75 Å². The molecule has 286 valence electrons. The SMILES string of the molecule is O=C(C[C@@H](Cc1ccc(OCC(=O)N2CCOCC2)cc1)C(=O)NC1c2ccccc2C[C@H]1O)CN1C(=O)[C@@H](Cc2ccccc2)C[C@@H]1Cc1ccccc1. The molecule has 1 unspecified atom stereocenters.